The molecule has 1 aliphatic rings. The molecule has 28 heavy (non-hydrogen) atoms. The Morgan fingerprint density at radius 1 is 1.04 bits per heavy atom. The summed E-state index contributed by atoms with van der Waals surface area (Å²) in [6.07, 6.45) is 6.49. The van der Waals surface area contributed by atoms with Crippen molar-refractivity contribution >= 4 is 29.2 Å². The highest BCUT2D eigenvalue weighted by atomic mass is 16.5. The number of aryl methyl sites for hydroxylation is 1. The molecule has 7 nitrogen and oxygen atoms in total. The Labute approximate surface area is 164 Å². The third-order valence-corrected chi connectivity index (χ3v) is 4.16. The molecule has 0 spiro atoms. The van der Waals surface area contributed by atoms with E-state index in [9.17, 15) is 14.4 Å². The Morgan fingerprint density at radius 2 is 1.71 bits per heavy atom. The normalized spacial score (nSPS) is 13.4. The standard InChI is InChI=1S/C21H24N2O5/c1-13(2)19(24)22-17-10-9-15(12-14(17)3)23-11-7-6-8-16(20(25)27-4)18(23)21(26)28-5/h6-13H,1-5H3,(H,22,24). The number of hydrogen-bond acceptors (Lipinski definition) is 6. The molecular formula is C21H24N2O5. The number of nitrogens with one attached hydrogen (secondary N) is 1. The van der Waals surface area contributed by atoms with Crippen LogP contribution >= 0.6 is 0 Å². The topological polar surface area (TPSA) is 84.9 Å². The quantitative estimate of drug-likeness (QED) is 0.786. The lowest BCUT2D eigenvalue weighted by molar-refractivity contribution is -0.139. The van der Waals surface area contributed by atoms with E-state index < -0.39 is 11.9 Å². The minimum absolute atomic E-state index is 0.0396. The van der Waals surface area contributed by atoms with Gasteiger partial charge in [0.05, 0.1) is 19.8 Å². The molecular weight excluding hydrogens is 360 g/mol. The van der Waals surface area contributed by atoms with Gasteiger partial charge in [0.15, 0.2) is 0 Å². The number of anilines is 2. The first kappa shape index (κ1) is 21.0. The highest BCUT2D eigenvalue weighted by molar-refractivity contribution is 6.05. The average molecular weight is 384 g/mol. The molecule has 0 fully saturated rings. The van der Waals surface area contributed by atoms with Crippen molar-refractivity contribution in [3.8, 4) is 0 Å². The van der Waals surface area contributed by atoms with E-state index in [1.54, 1.807) is 35.4 Å². The maximum Gasteiger partial charge on any atom is 0.355 e. The van der Waals surface area contributed by atoms with Crippen LogP contribution in [0.5, 0.6) is 0 Å². The third-order valence-electron chi connectivity index (χ3n) is 4.16. The number of nitrogens with zero attached hydrogens (tertiary/aromatic N) is 1. The fraction of sp³-hybridized carbons (Fsp3) is 0.286. The molecule has 2 rings (SSSR count). The molecule has 1 heterocycles. The maximum atomic E-state index is 12.5. The predicted octanol–water partition coefficient (Wildman–Crippen LogP) is 3.08. The number of esters is 2. The van der Waals surface area contributed by atoms with Gasteiger partial charge in [-0.3, -0.25) is 4.79 Å². The van der Waals surface area contributed by atoms with Gasteiger partial charge in [0.2, 0.25) is 5.91 Å². The summed E-state index contributed by atoms with van der Waals surface area (Å²) < 4.78 is 9.69. The molecule has 0 aromatic heterocycles. The Kier molecular flexibility index (Phi) is 6.76. The number of benzene rings is 1. The molecule has 0 radical (unpaired) electrons. The first-order chi connectivity index (χ1) is 13.3. The largest absolute Gasteiger partial charge is 0.465 e. The van der Waals surface area contributed by atoms with Crippen molar-refractivity contribution in [2.75, 3.05) is 24.4 Å². The Bertz CT molecular complexity index is 881. The van der Waals surface area contributed by atoms with Gasteiger partial charge >= 0.3 is 11.9 Å². The molecule has 1 N–H and O–H groups in total. The van der Waals surface area contributed by atoms with Crippen LogP contribution in [0, 0.1) is 12.8 Å². The van der Waals surface area contributed by atoms with Crippen molar-refractivity contribution in [2.24, 2.45) is 5.92 Å². The highest BCUT2D eigenvalue weighted by Gasteiger charge is 2.27. The zero-order chi connectivity index (χ0) is 20.8. The van der Waals surface area contributed by atoms with Crippen molar-refractivity contribution in [2.45, 2.75) is 20.8 Å². The lowest BCUT2D eigenvalue weighted by atomic mass is 10.1. The molecule has 0 unspecified atom stereocenters. The third kappa shape index (κ3) is 4.49. The molecule has 0 bridgehead atoms. The second-order valence-corrected chi connectivity index (χ2v) is 6.46. The van der Waals surface area contributed by atoms with Crippen molar-refractivity contribution in [3.63, 3.8) is 0 Å². The van der Waals surface area contributed by atoms with Gasteiger partial charge in [-0.25, -0.2) is 9.59 Å². The molecule has 148 valence electrons. The maximum absolute atomic E-state index is 12.5. The monoisotopic (exact) mass is 384 g/mol. The number of methoxy groups -OCH3 is 2. The minimum atomic E-state index is -0.675. The highest BCUT2D eigenvalue weighted by Crippen LogP contribution is 2.29. The van der Waals surface area contributed by atoms with E-state index >= 15 is 0 Å². The summed E-state index contributed by atoms with van der Waals surface area (Å²) in [4.78, 5) is 38.2. The fourth-order valence-electron chi connectivity index (χ4n) is 2.58. The first-order valence-electron chi connectivity index (χ1n) is 8.76. The zero-order valence-electron chi connectivity index (χ0n) is 16.6. The summed E-state index contributed by atoms with van der Waals surface area (Å²) in [7, 11) is 2.49. The van der Waals surface area contributed by atoms with Gasteiger partial charge in [0.1, 0.15) is 5.70 Å². The summed E-state index contributed by atoms with van der Waals surface area (Å²) in [6.45, 7) is 5.48. The lowest BCUT2D eigenvalue weighted by Gasteiger charge is -2.24. The summed E-state index contributed by atoms with van der Waals surface area (Å²) >= 11 is 0. The average Bonchev–Trinajstić information content (AvgIpc) is 2.91. The van der Waals surface area contributed by atoms with Crippen LogP contribution in [0.4, 0.5) is 11.4 Å². The predicted molar refractivity (Wildman–Crippen MR) is 106 cm³/mol. The number of hydrogen-bond donors (Lipinski definition) is 1. The van der Waals surface area contributed by atoms with E-state index in [0.29, 0.717) is 11.4 Å². The van der Waals surface area contributed by atoms with Crippen LogP contribution in [0.15, 0.2) is 53.9 Å². The van der Waals surface area contributed by atoms with Crippen LogP contribution in [0.2, 0.25) is 0 Å². The second-order valence-electron chi connectivity index (χ2n) is 6.46. The van der Waals surface area contributed by atoms with Crippen LogP contribution in [0.1, 0.15) is 19.4 Å². The van der Waals surface area contributed by atoms with Crippen LogP contribution in [-0.2, 0) is 23.9 Å². The molecule has 0 aliphatic carbocycles. The van der Waals surface area contributed by atoms with Crippen molar-refractivity contribution in [1.29, 1.82) is 0 Å². The van der Waals surface area contributed by atoms with E-state index in [-0.39, 0.29) is 23.1 Å². The molecule has 1 aromatic carbocycles. The van der Waals surface area contributed by atoms with Gasteiger partial charge in [0.25, 0.3) is 0 Å². The number of rotatable bonds is 5. The first-order valence-corrected chi connectivity index (χ1v) is 8.76. The number of carbonyl (C=O) groups excluding carboxylic acids is 3. The summed E-state index contributed by atoms with van der Waals surface area (Å²) in [5.41, 5.74) is 2.23. The lowest BCUT2D eigenvalue weighted by Crippen LogP contribution is -2.27. The number of amides is 1. The molecule has 1 amide bonds. The van der Waals surface area contributed by atoms with Gasteiger partial charge in [-0.05, 0) is 42.8 Å². The van der Waals surface area contributed by atoms with Crippen molar-refractivity contribution in [3.05, 3.63) is 59.5 Å². The molecule has 0 saturated heterocycles. The van der Waals surface area contributed by atoms with Crippen LogP contribution < -0.4 is 10.2 Å². The Balaban J connectivity index is 2.52. The van der Waals surface area contributed by atoms with Crippen LogP contribution in [0.25, 0.3) is 0 Å². The van der Waals surface area contributed by atoms with Gasteiger partial charge in [0, 0.05) is 23.5 Å². The molecule has 0 atom stereocenters. The zero-order valence-corrected chi connectivity index (χ0v) is 16.6. The number of ether oxygens (including phenoxy) is 2. The molecule has 1 aliphatic heterocycles. The molecule has 1 aromatic rings. The smallest absolute Gasteiger partial charge is 0.355 e. The Morgan fingerprint density at radius 3 is 2.29 bits per heavy atom. The number of carbonyl (C=O) groups is 3. The van der Waals surface area contributed by atoms with E-state index in [1.165, 1.54) is 20.3 Å². The molecule has 0 saturated carbocycles. The fourth-order valence-corrected chi connectivity index (χ4v) is 2.58. The SMILES string of the molecule is COC(=O)C1=C(C(=O)OC)N(c2ccc(NC(=O)C(C)C)c(C)c2)C=CC=C1. The minimum Gasteiger partial charge on any atom is -0.465 e. The van der Waals surface area contributed by atoms with Crippen molar-refractivity contribution in [1.82, 2.24) is 0 Å². The van der Waals surface area contributed by atoms with E-state index in [4.69, 9.17) is 9.47 Å². The second kappa shape index (κ2) is 9.03. The van der Waals surface area contributed by atoms with Crippen LogP contribution in [0.3, 0.4) is 0 Å². The van der Waals surface area contributed by atoms with E-state index in [0.717, 1.165) is 5.56 Å². The number of allylic oxidation sites excluding steroid dienone is 2. The van der Waals surface area contributed by atoms with E-state index in [2.05, 4.69) is 5.32 Å². The molecule has 7 heteroatoms. The summed E-state index contributed by atoms with van der Waals surface area (Å²) in [5, 5.41) is 2.87. The van der Waals surface area contributed by atoms with Crippen LogP contribution in [-0.4, -0.2) is 32.1 Å². The Hall–Kier alpha value is -3.35. The van der Waals surface area contributed by atoms with Crippen molar-refractivity contribution < 1.29 is 23.9 Å². The van der Waals surface area contributed by atoms with E-state index in [1.807, 2.05) is 26.8 Å². The van der Waals surface area contributed by atoms with Gasteiger partial charge < -0.3 is 19.7 Å². The summed E-state index contributed by atoms with van der Waals surface area (Å²) in [5.74, 6) is -1.55. The summed E-state index contributed by atoms with van der Waals surface area (Å²) in [6, 6.07) is 5.31. The van der Waals surface area contributed by atoms with Gasteiger partial charge in [-0.1, -0.05) is 19.9 Å². The van der Waals surface area contributed by atoms with Gasteiger partial charge in [-0.15, -0.1) is 0 Å². The van der Waals surface area contributed by atoms with Gasteiger partial charge in [-0.2, -0.15) is 0 Å².